The lowest BCUT2D eigenvalue weighted by molar-refractivity contribution is -0.141. The molecule has 4 rings (SSSR count). The Bertz CT molecular complexity index is 490. The Morgan fingerprint density at radius 1 is 0.760 bits per heavy atom. The van der Waals surface area contributed by atoms with E-state index in [4.69, 9.17) is 0 Å². The quantitative estimate of drug-likeness (QED) is 0.785. The molecule has 4 aliphatic rings. The first kappa shape index (κ1) is 17.4. The highest BCUT2D eigenvalue weighted by atomic mass is 16.2. The molecule has 2 saturated heterocycles. The van der Waals surface area contributed by atoms with Crippen molar-refractivity contribution in [1.82, 2.24) is 9.80 Å². The average Bonchev–Trinajstić information content (AvgIpc) is 3.15. The molecule has 140 valence electrons. The van der Waals surface area contributed by atoms with Crippen molar-refractivity contribution in [3.63, 3.8) is 0 Å². The lowest BCUT2D eigenvalue weighted by Crippen LogP contribution is -2.45. The fourth-order valence-electron chi connectivity index (χ4n) is 5.90. The van der Waals surface area contributed by atoms with Crippen LogP contribution < -0.4 is 0 Å². The van der Waals surface area contributed by atoms with Crippen LogP contribution in [0.15, 0.2) is 0 Å². The van der Waals surface area contributed by atoms with Crippen molar-refractivity contribution in [2.24, 2.45) is 23.7 Å². The summed E-state index contributed by atoms with van der Waals surface area (Å²) in [6.07, 6.45) is 12.8. The Morgan fingerprint density at radius 3 is 2.08 bits per heavy atom. The lowest BCUT2D eigenvalue weighted by atomic mass is 9.85. The highest BCUT2D eigenvalue weighted by Gasteiger charge is 2.41. The van der Waals surface area contributed by atoms with Crippen molar-refractivity contribution in [2.45, 2.75) is 70.6 Å². The molecule has 4 heteroatoms. The van der Waals surface area contributed by atoms with E-state index in [1.54, 1.807) is 0 Å². The van der Waals surface area contributed by atoms with Gasteiger partial charge in [-0.25, -0.2) is 0 Å². The smallest absolute Gasteiger partial charge is 0.225 e. The molecule has 2 bridgehead atoms. The van der Waals surface area contributed by atoms with Gasteiger partial charge in [0, 0.05) is 38.5 Å². The summed E-state index contributed by atoms with van der Waals surface area (Å²) in [5, 5.41) is 0. The zero-order chi connectivity index (χ0) is 17.2. The van der Waals surface area contributed by atoms with Crippen LogP contribution in [-0.4, -0.2) is 47.8 Å². The Morgan fingerprint density at radius 2 is 1.48 bits per heavy atom. The fourth-order valence-corrected chi connectivity index (χ4v) is 5.90. The van der Waals surface area contributed by atoms with Gasteiger partial charge in [-0.15, -0.1) is 0 Å². The highest BCUT2D eigenvalue weighted by molar-refractivity contribution is 5.80. The van der Waals surface area contributed by atoms with Crippen molar-refractivity contribution in [1.29, 1.82) is 0 Å². The summed E-state index contributed by atoms with van der Waals surface area (Å²) in [5.41, 5.74) is 0. The van der Waals surface area contributed by atoms with Gasteiger partial charge in [-0.3, -0.25) is 9.59 Å². The third-order valence-corrected chi connectivity index (χ3v) is 7.44. The molecular formula is C21H34N2O2. The second kappa shape index (κ2) is 7.67. The Kier molecular flexibility index (Phi) is 5.33. The molecular weight excluding hydrogens is 312 g/mol. The molecule has 2 heterocycles. The highest BCUT2D eigenvalue weighted by Crippen LogP contribution is 2.49. The van der Waals surface area contributed by atoms with Crippen molar-refractivity contribution in [2.75, 3.05) is 26.2 Å². The number of hydrogen-bond acceptors (Lipinski definition) is 2. The van der Waals surface area contributed by atoms with Crippen LogP contribution in [0.2, 0.25) is 0 Å². The molecule has 0 N–H and O–H groups in total. The van der Waals surface area contributed by atoms with Gasteiger partial charge in [0.15, 0.2) is 0 Å². The minimum Gasteiger partial charge on any atom is -0.343 e. The summed E-state index contributed by atoms with van der Waals surface area (Å²) >= 11 is 0. The number of carbonyl (C=O) groups excluding carboxylic acids is 2. The Hall–Kier alpha value is -1.06. The van der Waals surface area contributed by atoms with Crippen LogP contribution in [0.25, 0.3) is 0 Å². The first-order valence-electron chi connectivity index (χ1n) is 10.8. The predicted octanol–water partition coefficient (Wildman–Crippen LogP) is 3.45. The Balaban J connectivity index is 1.23. The van der Waals surface area contributed by atoms with E-state index < -0.39 is 0 Å². The molecule has 3 atom stereocenters. The van der Waals surface area contributed by atoms with Crippen LogP contribution in [0.1, 0.15) is 70.6 Å². The number of piperidine rings is 1. The first-order valence-corrected chi connectivity index (χ1v) is 10.8. The number of fused-ring (bicyclic) bond motifs is 2. The number of hydrogen-bond donors (Lipinski definition) is 0. The zero-order valence-corrected chi connectivity index (χ0v) is 15.6. The van der Waals surface area contributed by atoms with Crippen LogP contribution >= 0.6 is 0 Å². The SMILES string of the molecule is O=C(C[C@@H]1C[C@H]2CC[C@H]1C2)N1CCC(C(=O)N2CCCCCC2)CC1. The molecule has 4 fully saturated rings. The van der Waals surface area contributed by atoms with Crippen molar-refractivity contribution in [3.05, 3.63) is 0 Å². The number of amides is 2. The molecule has 0 aromatic carbocycles. The summed E-state index contributed by atoms with van der Waals surface area (Å²) in [6.45, 7) is 3.48. The first-order chi connectivity index (χ1) is 12.2. The van der Waals surface area contributed by atoms with E-state index in [9.17, 15) is 9.59 Å². The maximum absolute atomic E-state index is 12.8. The molecule has 2 aliphatic carbocycles. The number of likely N-dealkylation sites (tertiary alicyclic amines) is 2. The molecule has 2 amide bonds. The summed E-state index contributed by atoms with van der Waals surface area (Å²) in [6, 6.07) is 0. The van der Waals surface area contributed by atoms with Gasteiger partial charge >= 0.3 is 0 Å². The van der Waals surface area contributed by atoms with E-state index in [0.29, 0.717) is 17.7 Å². The predicted molar refractivity (Wildman–Crippen MR) is 97.9 cm³/mol. The summed E-state index contributed by atoms with van der Waals surface area (Å²) < 4.78 is 0. The third-order valence-electron chi connectivity index (χ3n) is 7.44. The van der Waals surface area contributed by atoms with Crippen LogP contribution in [0, 0.1) is 23.7 Å². The standard InChI is InChI=1S/C21H34N2O2/c24-20(15-19-14-16-5-6-18(19)13-16)22-11-7-17(8-12-22)21(25)23-9-3-1-2-4-10-23/h16-19H,1-15H2/t16-,18-,19-/m0/s1. The number of rotatable bonds is 3. The lowest BCUT2D eigenvalue weighted by Gasteiger charge is -2.35. The molecule has 0 spiro atoms. The molecule has 25 heavy (non-hydrogen) atoms. The normalized spacial score (nSPS) is 33.5. The Labute approximate surface area is 152 Å². The van der Waals surface area contributed by atoms with Crippen LogP contribution in [-0.2, 0) is 9.59 Å². The summed E-state index contributed by atoms with van der Waals surface area (Å²) in [4.78, 5) is 29.6. The minimum absolute atomic E-state index is 0.157. The molecule has 2 aliphatic heterocycles. The second-order valence-electron chi connectivity index (χ2n) is 9.03. The number of carbonyl (C=O) groups is 2. The van der Waals surface area contributed by atoms with Crippen molar-refractivity contribution < 1.29 is 9.59 Å². The molecule has 0 aromatic heterocycles. The molecule has 0 unspecified atom stereocenters. The van der Waals surface area contributed by atoms with E-state index in [1.165, 1.54) is 38.5 Å². The molecule has 0 aromatic rings. The van der Waals surface area contributed by atoms with Gasteiger partial charge in [-0.1, -0.05) is 19.3 Å². The van der Waals surface area contributed by atoms with Crippen LogP contribution in [0.5, 0.6) is 0 Å². The summed E-state index contributed by atoms with van der Waals surface area (Å²) in [7, 11) is 0. The van der Waals surface area contributed by atoms with Crippen molar-refractivity contribution in [3.8, 4) is 0 Å². The van der Waals surface area contributed by atoms with Gasteiger partial charge in [0.25, 0.3) is 0 Å². The van der Waals surface area contributed by atoms with E-state index in [1.807, 2.05) is 0 Å². The van der Waals surface area contributed by atoms with E-state index in [-0.39, 0.29) is 5.92 Å². The van der Waals surface area contributed by atoms with E-state index in [2.05, 4.69) is 9.80 Å². The molecule has 2 saturated carbocycles. The topological polar surface area (TPSA) is 40.6 Å². The average molecular weight is 347 g/mol. The fraction of sp³-hybridized carbons (Fsp3) is 0.905. The van der Waals surface area contributed by atoms with Gasteiger partial charge < -0.3 is 9.80 Å². The van der Waals surface area contributed by atoms with Crippen LogP contribution in [0.3, 0.4) is 0 Å². The monoisotopic (exact) mass is 346 g/mol. The summed E-state index contributed by atoms with van der Waals surface area (Å²) in [5.74, 6) is 3.28. The molecule has 4 nitrogen and oxygen atoms in total. The van der Waals surface area contributed by atoms with Gasteiger partial charge in [0.05, 0.1) is 0 Å². The van der Waals surface area contributed by atoms with Gasteiger partial charge in [-0.2, -0.15) is 0 Å². The largest absolute Gasteiger partial charge is 0.343 e. The zero-order valence-electron chi connectivity index (χ0n) is 15.6. The van der Waals surface area contributed by atoms with Gasteiger partial charge in [0.2, 0.25) is 11.8 Å². The van der Waals surface area contributed by atoms with Crippen molar-refractivity contribution >= 4 is 11.8 Å². The van der Waals surface area contributed by atoms with E-state index >= 15 is 0 Å². The number of nitrogens with zero attached hydrogens (tertiary/aromatic N) is 2. The second-order valence-corrected chi connectivity index (χ2v) is 9.03. The van der Waals surface area contributed by atoms with Crippen LogP contribution in [0.4, 0.5) is 0 Å². The third kappa shape index (κ3) is 3.88. The minimum atomic E-state index is 0.157. The van der Waals surface area contributed by atoms with E-state index in [0.717, 1.165) is 70.1 Å². The molecule has 0 radical (unpaired) electrons. The maximum atomic E-state index is 12.8. The maximum Gasteiger partial charge on any atom is 0.225 e. The van der Waals surface area contributed by atoms with Gasteiger partial charge in [-0.05, 0) is 62.7 Å². The van der Waals surface area contributed by atoms with Gasteiger partial charge in [0.1, 0.15) is 0 Å².